The van der Waals surface area contributed by atoms with Crippen molar-refractivity contribution in [3.8, 4) is 0 Å². The van der Waals surface area contributed by atoms with Crippen LogP contribution in [-0.4, -0.2) is 21.1 Å². The highest BCUT2D eigenvalue weighted by atomic mass is 16.1. The highest BCUT2D eigenvalue weighted by molar-refractivity contribution is 5.90. The number of aromatic amines is 1. The van der Waals surface area contributed by atoms with Crippen LogP contribution in [0.3, 0.4) is 0 Å². The van der Waals surface area contributed by atoms with Crippen LogP contribution < -0.4 is 5.32 Å². The third-order valence-corrected chi connectivity index (χ3v) is 2.12. The first-order chi connectivity index (χ1) is 7.84. The average molecular weight is 216 g/mol. The first-order valence-electron chi connectivity index (χ1n) is 5.03. The van der Waals surface area contributed by atoms with Crippen molar-refractivity contribution in [1.82, 2.24) is 15.2 Å². The van der Waals surface area contributed by atoms with Gasteiger partial charge in [0.15, 0.2) is 0 Å². The van der Waals surface area contributed by atoms with Gasteiger partial charge in [-0.3, -0.25) is 14.9 Å². The molecule has 0 saturated heterocycles. The molecule has 2 rings (SSSR count). The average Bonchev–Trinajstić information content (AvgIpc) is 2.81. The third-order valence-electron chi connectivity index (χ3n) is 2.12. The molecule has 2 aromatic rings. The maximum atomic E-state index is 11.5. The van der Waals surface area contributed by atoms with E-state index in [1.54, 1.807) is 18.6 Å². The molecule has 5 nitrogen and oxygen atoms in total. The van der Waals surface area contributed by atoms with Gasteiger partial charge in [-0.15, -0.1) is 0 Å². The van der Waals surface area contributed by atoms with Gasteiger partial charge in [-0.1, -0.05) is 6.07 Å². The Kier molecular flexibility index (Phi) is 3.28. The summed E-state index contributed by atoms with van der Waals surface area (Å²) in [5.74, 6) is -0.0351. The topological polar surface area (TPSA) is 70.7 Å². The quantitative estimate of drug-likeness (QED) is 0.811. The Morgan fingerprint density at radius 1 is 1.44 bits per heavy atom. The van der Waals surface area contributed by atoms with E-state index < -0.39 is 0 Å². The third kappa shape index (κ3) is 2.91. The Bertz CT molecular complexity index is 438. The highest BCUT2D eigenvalue weighted by Crippen LogP contribution is 2.04. The summed E-state index contributed by atoms with van der Waals surface area (Å²) < 4.78 is 0. The lowest BCUT2D eigenvalue weighted by atomic mass is 10.2. The van der Waals surface area contributed by atoms with E-state index in [-0.39, 0.29) is 5.91 Å². The van der Waals surface area contributed by atoms with E-state index in [0.29, 0.717) is 18.5 Å². The minimum absolute atomic E-state index is 0.0351. The number of aromatic nitrogens is 3. The van der Waals surface area contributed by atoms with Crippen LogP contribution in [0.2, 0.25) is 0 Å². The number of carbonyl (C=O) groups is 1. The van der Waals surface area contributed by atoms with E-state index in [0.717, 1.165) is 5.69 Å². The molecule has 82 valence electrons. The first-order valence-corrected chi connectivity index (χ1v) is 5.03. The highest BCUT2D eigenvalue weighted by Gasteiger charge is 2.03. The van der Waals surface area contributed by atoms with Crippen LogP contribution in [-0.2, 0) is 11.2 Å². The zero-order valence-corrected chi connectivity index (χ0v) is 8.68. The van der Waals surface area contributed by atoms with Crippen LogP contribution in [0.5, 0.6) is 0 Å². The number of amides is 1. The zero-order chi connectivity index (χ0) is 11.2. The fourth-order valence-electron chi connectivity index (χ4n) is 1.33. The maximum absolute atomic E-state index is 11.5. The number of nitrogens with zero attached hydrogens (tertiary/aromatic N) is 2. The van der Waals surface area contributed by atoms with Gasteiger partial charge in [0.25, 0.3) is 0 Å². The number of carbonyl (C=O) groups excluding carboxylic acids is 1. The second-order valence-electron chi connectivity index (χ2n) is 3.36. The molecule has 0 saturated carbocycles. The molecule has 0 aliphatic heterocycles. The number of pyridine rings is 1. The predicted octanol–water partition coefficient (Wildman–Crippen LogP) is 1.38. The van der Waals surface area contributed by atoms with Crippen LogP contribution in [0.25, 0.3) is 0 Å². The lowest BCUT2D eigenvalue weighted by Gasteiger charge is -2.01. The summed E-state index contributed by atoms with van der Waals surface area (Å²) in [6.07, 6.45) is 5.99. The van der Waals surface area contributed by atoms with Crippen LogP contribution in [0.15, 0.2) is 36.8 Å². The van der Waals surface area contributed by atoms with Crippen molar-refractivity contribution in [2.75, 3.05) is 5.32 Å². The normalized spacial score (nSPS) is 10.0. The predicted molar refractivity (Wildman–Crippen MR) is 59.8 cm³/mol. The molecule has 16 heavy (non-hydrogen) atoms. The number of hydrogen-bond acceptors (Lipinski definition) is 3. The first kappa shape index (κ1) is 10.4. The van der Waals surface area contributed by atoms with Gasteiger partial charge in [0.2, 0.25) is 5.91 Å². The number of nitrogens with one attached hydrogen (secondary N) is 2. The molecule has 5 heteroatoms. The van der Waals surface area contributed by atoms with E-state index in [2.05, 4.69) is 20.5 Å². The van der Waals surface area contributed by atoms with Gasteiger partial charge in [-0.05, 0) is 18.6 Å². The van der Waals surface area contributed by atoms with Gasteiger partial charge in [0.05, 0.1) is 11.9 Å². The van der Waals surface area contributed by atoms with Crippen LogP contribution >= 0.6 is 0 Å². The van der Waals surface area contributed by atoms with Crippen molar-refractivity contribution in [2.24, 2.45) is 0 Å². The van der Waals surface area contributed by atoms with Crippen LogP contribution in [0.4, 0.5) is 5.69 Å². The number of anilines is 1. The summed E-state index contributed by atoms with van der Waals surface area (Å²) in [6.45, 7) is 0. The van der Waals surface area contributed by atoms with E-state index in [4.69, 9.17) is 0 Å². The Morgan fingerprint density at radius 2 is 2.38 bits per heavy atom. The van der Waals surface area contributed by atoms with Crippen molar-refractivity contribution in [2.45, 2.75) is 12.8 Å². The number of H-pyrrole nitrogens is 1. The van der Waals surface area contributed by atoms with Gasteiger partial charge in [0, 0.05) is 24.5 Å². The second-order valence-corrected chi connectivity index (χ2v) is 3.36. The molecule has 2 heterocycles. The maximum Gasteiger partial charge on any atom is 0.224 e. The monoisotopic (exact) mass is 216 g/mol. The largest absolute Gasteiger partial charge is 0.323 e. The van der Waals surface area contributed by atoms with E-state index in [1.807, 2.05) is 18.2 Å². The Morgan fingerprint density at radius 3 is 3.06 bits per heavy atom. The molecular formula is C11H12N4O. The number of rotatable bonds is 4. The summed E-state index contributed by atoms with van der Waals surface area (Å²) in [7, 11) is 0. The molecule has 0 atom stereocenters. The molecule has 0 aliphatic rings. The SMILES string of the molecule is O=C(CCc1ccccn1)Nc1cn[nH]c1. The molecule has 0 unspecified atom stereocenters. The molecule has 2 aromatic heterocycles. The summed E-state index contributed by atoms with van der Waals surface area (Å²) in [6, 6.07) is 5.68. The molecule has 0 spiro atoms. The second kappa shape index (κ2) is 5.06. The molecule has 1 amide bonds. The molecule has 0 radical (unpaired) electrons. The lowest BCUT2D eigenvalue weighted by Crippen LogP contribution is -2.12. The Labute approximate surface area is 92.9 Å². The summed E-state index contributed by atoms with van der Waals surface area (Å²) >= 11 is 0. The van der Waals surface area contributed by atoms with Gasteiger partial charge in [-0.25, -0.2) is 0 Å². The van der Waals surface area contributed by atoms with Gasteiger partial charge in [0.1, 0.15) is 0 Å². The zero-order valence-electron chi connectivity index (χ0n) is 8.68. The summed E-state index contributed by atoms with van der Waals surface area (Å²) in [5, 5.41) is 9.10. The van der Waals surface area contributed by atoms with Gasteiger partial charge >= 0.3 is 0 Å². The van der Waals surface area contributed by atoms with Gasteiger partial charge in [-0.2, -0.15) is 5.10 Å². The minimum Gasteiger partial charge on any atom is -0.323 e. The Hall–Kier alpha value is -2.17. The lowest BCUT2D eigenvalue weighted by molar-refractivity contribution is -0.116. The van der Waals surface area contributed by atoms with Crippen molar-refractivity contribution in [1.29, 1.82) is 0 Å². The van der Waals surface area contributed by atoms with Crippen molar-refractivity contribution in [3.63, 3.8) is 0 Å². The molecular weight excluding hydrogens is 204 g/mol. The van der Waals surface area contributed by atoms with Gasteiger partial charge < -0.3 is 5.32 Å². The number of hydrogen-bond donors (Lipinski definition) is 2. The Balaban J connectivity index is 1.80. The van der Waals surface area contributed by atoms with Crippen molar-refractivity contribution in [3.05, 3.63) is 42.5 Å². The fourth-order valence-corrected chi connectivity index (χ4v) is 1.33. The van der Waals surface area contributed by atoms with Crippen molar-refractivity contribution < 1.29 is 4.79 Å². The fraction of sp³-hybridized carbons (Fsp3) is 0.182. The van der Waals surface area contributed by atoms with Crippen LogP contribution in [0, 0.1) is 0 Å². The minimum atomic E-state index is -0.0351. The number of aryl methyl sites for hydroxylation is 1. The van der Waals surface area contributed by atoms with E-state index >= 15 is 0 Å². The van der Waals surface area contributed by atoms with Crippen molar-refractivity contribution >= 4 is 11.6 Å². The van der Waals surface area contributed by atoms with E-state index in [1.165, 1.54) is 0 Å². The molecule has 0 aromatic carbocycles. The van der Waals surface area contributed by atoms with E-state index in [9.17, 15) is 4.79 Å². The smallest absolute Gasteiger partial charge is 0.224 e. The summed E-state index contributed by atoms with van der Waals surface area (Å²) in [4.78, 5) is 15.7. The standard InChI is InChI=1S/C11H12N4O/c16-11(15-10-7-13-14-8-10)5-4-9-3-1-2-6-12-9/h1-3,6-8H,4-5H2,(H,13,14)(H,15,16). The summed E-state index contributed by atoms with van der Waals surface area (Å²) in [5.41, 5.74) is 1.61. The molecule has 0 fully saturated rings. The van der Waals surface area contributed by atoms with Crippen LogP contribution in [0.1, 0.15) is 12.1 Å². The molecule has 2 N–H and O–H groups in total. The molecule has 0 aliphatic carbocycles. The molecule has 0 bridgehead atoms.